The molecule has 0 radical (unpaired) electrons. The van der Waals surface area contributed by atoms with E-state index in [4.69, 9.17) is 4.74 Å². The molecule has 3 nitrogen and oxygen atoms in total. The van der Waals surface area contributed by atoms with Crippen molar-refractivity contribution in [3.05, 3.63) is 50.2 Å². The average Bonchev–Trinajstić information content (AvgIpc) is 2.68. The van der Waals surface area contributed by atoms with Crippen molar-refractivity contribution < 1.29 is 4.74 Å². The van der Waals surface area contributed by atoms with Crippen molar-refractivity contribution in [2.24, 2.45) is 0 Å². The highest BCUT2D eigenvalue weighted by atomic mass is 79.9. The molecule has 1 aromatic carbocycles. The van der Waals surface area contributed by atoms with Crippen LogP contribution >= 0.6 is 31.9 Å². The van der Waals surface area contributed by atoms with E-state index in [0.29, 0.717) is 13.2 Å². The molecule has 5 heteroatoms. The van der Waals surface area contributed by atoms with Crippen molar-refractivity contribution in [3.63, 3.8) is 0 Å². The minimum atomic E-state index is 0.552. The molecule has 19 heavy (non-hydrogen) atoms. The van der Waals surface area contributed by atoms with E-state index in [0.717, 1.165) is 32.4 Å². The number of rotatable bonds is 5. The van der Waals surface area contributed by atoms with Gasteiger partial charge in [0.15, 0.2) is 0 Å². The van der Waals surface area contributed by atoms with Crippen LogP contribution in [-0.2, 0) is 24.5 Å². The summed E-state index contributed by atoms with van der Waals surface area (Å²) in [5.74, 6) is 0. The van der Waals surface area contributed by atoms with Gasteiger partial charge in [0.2, 0.25) is 0 Å². The first-order chi connectivity index (χ1) is 9.13. The van der Waals surface area contributed by atoms with Gasteiger partial charge in [-0.15, -0.1) is 0 Å². The maximum Gasteiger partial charge on any atom is 0.0900 e. The van der Waals surface area contributed by atoms with Gasteiger partial charge in [-0.3, -0.25) is 4.68 Å². The summed E-state index contributed by atoms with van der Waals surface area (Å²) in [5, 5.41) is 4.45. The molecule has 0 amide bonds. The summed E-state index contributed by atoms with van der Waals surface area (Å²) in [6.07, 6.45) is 0. The quantitative estimate of drug-likeness (QED) is 0.757. The molecule has 0 spiro atoms. The lowest BCUT2D eigenvalue weighted by Crippen LogP contribution is -2.05. The molecule has 0 N–H and O–H groups in total. The number of aryl methyl sites for hydroxylation is 2. The van der Waals surface area contributed by atoms with Crippen molar-refractivity contribution >= 4 is 31.9 Å². The number of ether oxygens (including phenoxy) is 1. The van der Waals surface area contributed by atoms with Crippen LogP contribution in [0, 0.1) is 6.92 Å². The Labute approximate surface area is 130 Å². The van der Waals surface area contributed by atoms with Crippen LogP contribution in [0.4, 0.5) is 0 Å². The number of aromatic nitrogens is 2. The third-order valence-corrected chi connectivity index (χ3v) is 4.71. The molecule has 0 bridgehead atoms. The van der Waals surface area contributed by atoms with Crippen molar-refractivity contribution in [3.8, 4) is 0 Å². The topological polar surface area (TPSA) is 27.1 Å². The van der Waals surface area contributed by atoms with Crippen molar-refractivity contribution in [2.45, 2.75) is 33.6 Å². The molecular weight excluding hydrogens is 372 g/mol. The number of halogens is 2. The van der Waals surface area contributed by atoms with Crippen LogP contribution in [0.15, 0.2) is 33.2 Å². The van der Waals surface area contributed by atoms with E-state index in [9.17, 15) is 0 Å². The predicted octanol–water partition coefficient (Wildman–Crippen LogP) is 4.45. The van der Waals surface area contributed by atoms with Gasteiger partial charge in [-0.25, -0.2) is 0 Å². The molecule has 0 aliphatic carbocycles. The Bertz CT molecular complexity index is 567. The second-order valence-corrected chi connectivity index (χ2v) is 5.89. The van der Waals surface area contributed by atoms with Crippen LogP contribution in [0.25, 0.3) is 0 Å². The summed E-state index contributed by atoms with van der Waals surface area (Å²) >= 11 is 7.09. The molecular formula is C14H16Br2N2O. The molecule has 2 rings (SSSR count). The highest BCUT2D eigenvalue weighted by Gasteiger charge is 2.12. The number of benzene rings is 1. The fraction of sp³-hybridized carbons (Fsp3) is 0.357. The van der Waals surface area contributed by atoms with Crippen LogP contribution in [0.3, 0.4) is 0 Å². The zero-order valence-electron chi connectivity index (χ0n) is 11.0. The molecule has 1 heterocycles. The number of nitrogens with zero attached hydrogens (tertiary/aromatic N) is 2. The second kappa shape index (κ2) is 6.68. The van der Waals surface area contributed by atoms with Crippen molar-refractivity contribution in [1.29, 1.82) is 0 Å². The number of hydrogen-bond donors (Lipinski definition) is 0. The summed E-state index contributed by atoms with van der Waals surface area (Å²) < 4.78 is 9.90. The van der Waals surface area contributed by atoms with Gasteiger partial charge in [-0.2, -0.15) is 5.10 Å². The van der Waals surface area contributed by atoms with Gasteiger partial charge in [0, 0.05) is 11.0 Å². The van der Waals surface area contributed by atoms with Gasteiger partial charge in [0.25, 0.3) is 0 Å². The lowest BCUT2D eigenvalue weighted by atomic mass is 10.2. The molecule has 102 valence electrons. The zero-order valence-corrected chi connectivity index (χ0v) is 14.2. The maximum absolute atomic E-state index is 5.80. The third-order valence-electron chi connectivity index (χ3n) is 2.91. The van der Waals surface area contributed by atoms with Crippen LogP contribution < -0.4 is 0 Å². The monoisotopic (exact) mass is 386 g/mol. The van der Waals surface area contributed by atoms with Gasteiger partial charge < -0.3 is 4.74 Å². The Kier molecular flexibility index (Phi) is 5.19. The Morgan fingerprint density at radius 1 is 1.21 bits per heavy atom. The van der Waals surface area contributed by atoms with Gasteiger partial charge in [-0.1, -0.05) is 34.1 Å². The zero-order chi connectivity index (χ0) is 13.8. The van der Waals surface area contributed by atoms with E-state index in [1.165, 1.54) is 0 Å². The van der Waals surface area contributed by atoms with Gasteiger partial charge in [0.1, 0.15) is 0 Å². The van der Waals surface area contributed by atoms with Crippen LogP contribution in [0.1, 0.15) is 23.9 Å². The van der Waals surface area contributed by atoms with Gasteiger partial charge >= 0.3 is 0 Å². The summed E-state index contributed by atoms with van der Waals surface area (Å²) in [4.78, 5) is 0. The van der Waals surface area contributed by atoms with Gasteiger partial charge in [-0.05, 0) is 41.4 Å². The van der Waals surface area contributed by atoms with Crippen LogP contribution in [-0.4, -0.2) is 9.78 Å². The summed E-state index contributed by atoms with van der Waals surface area (Å²) in [6.45, 7) is 6.06. The lowest BCUT2D eigenvalue weighted by molar-refractivity contribution is 0.100. The predicted molar refractivity (Wildman–Crippen MR) is 83.0 cm³/mol. The Hall–Kier alpha value is -0.650. The van der Waals surface area contributed by atoms with E-state index in [2.05, 4.69) is 49.9 Å². The summed E-state index contributed by atoms with van der Waals surface area (Å²) in [5.41, 5.74) is 3.24. The molecule has 0 unspecified atom stereocenters. The highest BCUT2D eigenvalue weighted by Crippen LogP contribution is 2.23. The highest BCUT2D eigenvalue weighted by molar-refractivity contribution is 9.10. The largest absolute Gasteiger partial charge is 0.370 e. The van der Waals surface area contributed by atoms with E-state index >= 15 is 0 Å². The molecule has 2 aromatic rings. The summed E-state index contributed by atoms with van der Waals surface area (Å²) in [6, 6.07) is 8.09. The molecule has 0 saturated heterocycles. The fourth-order valence-electron chi connectivity index (χ4n) is 1.88. The molecule has 0 atom stereocenters. The van der Waals surface area contributed by atoms with E-state index in [-0.39, 0.29) is 0 Å². The Morgan fingerprint density at radius 3 is 2.63 bits per heavy atom. The number of hydrogen-bond acceptors (Lipinski definition) is 2. The minimum absolute atomic E-state index is 0.552. The van der Waals surface area contributed by atoms with Crippen molar-refractivity contribution in [1.82, 2.24) is 9.78 Å². The summed E-state index contributed by atoms with van der Waals surface area (Å²) in [7, 11) is 0. The lowest BCUT2D eigenvalue weighted by Gasteiger charge is -2.08. The standard InChI is InChI=1S/C14H16Br2N2O/c1-3-18-13(14(16)10(2)17-18)9-19-8-11-6-4-5-7-12(11)15/h4-7H,3,8-9H2,1-2H3. The average molecular weight is 388 g/mol. The third kappa shape index (κ3) is 3.46. The molecule has 0 aliphatic rings. The van der Waals surface area contributed by atoms with Gasteiger partial charge in [0.05, 0.1) is 29.1 Å². The van der Waals surface area contributed by atoms with E-state index < -0.39 is 0 Å². The Morgan fingerprint density at radius 2 is 1.95 bits per heavy atom. The van der Waals surface area contributed by atoms with Crippen LogP contribution in [0.5, 0.6) is 0 Å². The SMILES string of the molecule is CCn1nc(C)c(Br)c1COCc1ccccc1Br. The van der Waals surface area contributed by atoms with E-state index in [1.807, 2.05) is 29.8 Å². The first-order valence-corrected chi connectivity index (χ1v) is 7.75. The normalized spacial score (nSPS) is 10.9. The first kappa shape index (κ1) is 14.8. The first-order valence-electron chi connectivity index (χ1n) is 6.16. The van der Waals surface area contributed by atoms with Crippen LogP contribution in [0.2, 0.25) is 0 Å². The smallest absolute Gasteiger partial charge is 0.0900 e. The molecule has 1 aromatic heterocycles. The molecule has 0 saturated carbocycles. The van der Waals surface area contributed by atoms with E-state index in [1.54, 1.807) is 0 Å². The fourth-order valence-corrected chi connectivity index (χ4v) is 2.68. The molecule has 0 fully saturated rings. The molecule has 0 aliphatic heterocycles. The Balaban J connectivity index is 2.02. The minimum Gasteiger partial charge on any atom is -0.370 e. The second-order valence-electron chi connectivity index (χ2n) is 4.25. The van der Waals surface area contributed by atoms with Crippen molar-refractivity contribution in [2.75, 3.05) is 0 Å². The maximum atomic E-state index is 5.80.